The van der Waals surface area contributed by atoms with Crippen molar-refractivity contribution in [1.82, 2.24) is 9.97 Å². The minimum atomic E-state index is 0.774. The van der Waals surface area contributed by atoms with E-state index in [2.05, 4.69) is 32.5 Å². The van der Waals surface area contributed by atoms with Crippen molar-refractivity contribution in [2.45, 2.75) is 19.8 Å². The lowest BCUT2D eigenvalue weighted by atomic mass is 10.0. The van der Waals surface area contributed by atoms with Gasteiger partial charge in [0.2, 0.25) is 0 Å². The van der Waals surface area contributed by atoms with Crippen LogP contribution < -0.4 is 10.2 Å². The molecule has 19 heavy (non-hydrogen) atoms. The molecule has 1 unspecified atom stereocenters. The molecule has 1 aliphatic rings. The zero-order valence-electron chi connectivity index (χ0n) is 11.2. The third-order valence-electron chi connectivity index (χ3n) is 3.39. The molecule has 2 aromatic rings. The largest absolute Gasteiger partial charge is 0.365 e. The summed E-state index contributed by atoms with van der Waals surface area (Å²) in [6.45, 7) is 4.59. The molecule has 1 atom stereocenters. The summed E-state index contributed by atoms with van der Waals surface area (Å²) >= 11 is 3.38. The Morgan fingerprint density at radius 2 is 2.37 bits per heavy atom. The molecule has 4 nitrogen and oxygen atoms in total. The molecule has 0 radical (unpaired) electrons. The van der Waals surface area contributed by atoms with Crippen LogP contribution in [0.1, 0.15) is 19.8 Å². The van der Waals surface area contributed by atoms with Crippen LogP contribution in [0.5, 0.6) is 0 Å². The van der Waals surface area contributed by atoms with Crippen LogP contribution in [0.15, 0.2) is 11.6 Å². The quantitative estimate of drug-likeness (QED) is 0.940. The van der Waals surface area contributed by atoms with Crippen molar-refractivity contribution < 1.29 is 0 Å². The van der Waals surface area contributed by atoms with Gasteiger partial charge >= 0.3 is 0 Å². The molecule has 1 aliphatic heterocycles. The lowest BCUT2D eigenvalue weighted by Crippen LogP contribution is -2.34. The van der Waals surface area contributed by atoms with Crippen molar-refractivity contribution in [1.29, 1.82) is 0 Å². The smallest absolute Gasteiger partial charge is 0.185 e. The van der Waals surface area contributed by atoms with Gasteiger partial charge in [-0.3, -0.25) is 0 Å². The van der Waals surface area contributed by atoms with Crippen molar-refractivity contribution in [2.24, 2.45) is 5.92 Å². The highest BCUT2D eigenvalue weighted by atomic mass is 32.1. The van der Waals surface area contributed by atoms with Gasteiger partial charge in [0.05, 0.1) is 10.6 Å². The van der Waals surface area contributed by atoms with E-state index in [1.54, 1.807) is 22.7 Å². The number of thiazole rings is 2. The third-order valence-corrected chi connectivity index (χ3v) is 5.33. The summed E-state index contributed by atoms with van der Waals surface area (Å²) in [7, 11) is 1.90. The first kappa shape index (κ1) is 12.9. The van der Waals surface area contributed by atoms with E-state index in [1.165, 1.54) is 12.8 Å². The predicted molar refractivity (Wildman–Crippen MR) is 83.4 cm³/mol. The topological polar surface area (TPSA) is 41.1 Å². The van der Waals surface area contributed by atoms with Gasteiger partial charge in [-0.05, 0) is 18.8 Å². The van der Waals surface area contributed by atoms with Gasteiger partial charge in [-0.25, -0.2) is 9.97 Å². The first-order chi connectivity index (χ1) is 9.26. The molecule has 2 aromatic heterocycles. The summed E-state index contributed by atoms with van der Waals surface area (Å²) in [5, 5.41) is 7.25. The van der Waals surface area contributed by atoms with Gasteiger partial charge < -0.3 is 10.2 Å². The van der Waals surface area contributed by atoms with Crippen LogP contribution in [0, 0.1) is 5.92 Å². The Morgan fingerprint density at radius 3 is 3.11 bits per heavy atom. The Hall–Kier alpha value is -1.14. The van der Waals surface area contributed by atoms with Crippen LogP contribution in [0.25, 0.3) is 10.6 Å². The number of hydrogen-bond donors (Lipinski definition) is 1. The molecule has 0 amide bonds. The number of rotatable bonds is 3. The number of hydrogen-bond acceptors (Lipinski definition) is 6. The SMILES string of the molecule is CNc1nc(-c2cnc(N3CCCC(C)C3)s2)cs1. The monoisotopic (exact) mass is 294 g/mol. The Kier molecular flexibility index (Phi) is 3.70. The summed E-state index contributed by atoms with van der Waals surface area (Å²) in [6.07, 6.45) is 4.57. The molecule has 0 saturated carbocycles. The van der Waals surface area contributed by atoms with E-state index in [-0.39, 0.29) is 0 Å². The summed E-state index contributed by atoms with van der Waals surface area (Å²) in [6, 6.07) is 0. The third kappa shape index (κ3) is 2.74. The van der Waals surface area contributed by atoms with E-state index in [0.717, 1.165) is 39.8 Å². The molecule has 3 heterocycles. The molecular formula is C13H18N4S2. The van der Waals surface area contributed by atoms with E-state index >= 15 is 0 Å². The molecule has 0 bridgehead atoms. The number of anilines is 2. The highest BCUT2D eigenvalue weighted by molar-refractivity contribution is 7.19. The number of aromatic nitrogens is 2. The maximum Gasteiger partial charge on any atom is 0.185 e. The summed E-state index contributed by atoms with van der Waals surface area (Å²) in [5.41, 5.74) is 1.03. The maximum absolute atomic E-state index is 4.57. The molecule has 0 spiro atoms. The van der Waals surface area contributed by atoms with Gasteiger partial charge in [0.15, 0.2) is 10.3 Å². The Bertz CT molecular complexity index is 548. The number of nitrogens with zero attached hydrogens (tertiary/aromatic N) is 3. The Balaban J connectivity index is 1.78. The van der Waals surface area contributed by atoms with E-state index < -0.39 is 0 Å². The molecule has 1 saturated heterocycles. The van der Waals surface area contributed by atoms with E-state index in [0.29, 0.717) is 0 Å². The van der Waals surface area contributed by atoms with E-state index in [9.17, 15) is 0 Å². The summed E-state index contributed by atoms with van der Waals surface area (Å²) in [5.74, 6) is 0.774. The Labute approximate surface area is 121 Å². The van der Waals surface area contributed by atoms with Gasteiger partial charge in [-0.1, -0.05) is 18.3 Å². The van der Waals surface area contributed by atoms with Gasteiger partial charge in [0.25, 0.3) is 0 Å². The normalized spacial score (nSPS) is 19.7. The van der Waals surface area contributed by atoms with Crippen molar-refractivity contribution >= 4 is 32.9 Å². The average Bonchev–Trinajstić information content (AvgIpc) is 3.07. The highest BCUT2D eigenvalue weighted by Crippen LogP contribution is 2.34. The van der Waals surface area contributed by atoms with Gasteiger partial charge in [0, 0.05) is 31.7 Å². The fraction of sp³-hybridized carbons (Fsp3) is 0.538. The fourth-order valence-corrected chi connectivity index (χ4v) is 4.05. The lowest BCUT2D eigenvalue weighted by molar-refractivity contribution is 0.446. The molecule has 6 heteroatoms. The second-order valence-electron chi connectivity index (χ2n) is 4.99. The van der Waals surface area contributed by atoms with Gasteiger partial charge in [0.1, 0.15) is 0 Å². The minimum Gasteiger partial charge on any atom is -0.365 e. The molecule has 1 N–H and O–H groups in total. The standard InChI is InChI=1S/C13H18N4S2/c1-9-4-3-5-17(7-9)13-15-6-11(19-13)10-8-18-12(14-2)16-10/h6,8-9H,3-5,7H2,1-2H3,(H,14,16). The second-order valence-corrected chi connectivity index (χ2v) is 6.86. The van der Waals surface area contributed by atoms with Gasteiger partial charge in [-0.2, -0.15) is 0 Å². The molecule has 0 aliphatic carbocycles. The maximum atomic E-state index is 4.57. The van der Waals surface area contributed by atoms with Crippen molar-refractivity contribution in [3.05, 3.63) is 11.6 Å². The van der Waals surface area contributed by atoms with Crippen LogP contribution in [0.3, 0.4) is 0 Å². The van der Waals surface area contributed by atoms with Crippen LogP contribution in [0.4, 0.5) is 10.3 Å². The Morgan fingerprint density at radius 1 is 1.47 bits per heavy atom. The van der Waals surface area contributed by atoms with Crippen LogP contribution in [-0.4, -0.2) is 30.1 Å². The van der Waals surface area contributed by atoms with Crippen LogP contribution in [0.2, 0.25) is 0 Å². The first-order valence-electron chi connectivity index (χ1n) is 6.60. The van der Waals surface area contributed by atoms with Crippen LogP contribution in [-0.2, 0) is 0 Å². The minimum absolute atomic E-state index is 0.774. The van der Waals surface area contributed by atoms with E-state index in [1.807, 2.05) is 13.2 Å². The van der Waals surface area contributed by atoms with Crippen molar-refractivity contribution in [2.75, 3.05) is 30.4 Å². The zero-order chi connectivity index (χ0) is 13.2. The summed E-state index contributed by atoms with van der Waals surface area (Å²) < 4.78 is 0. The first-order valence-corrected chi connectivity index (χ1v) is 8.30. The molecule has 3 rings (SSSR count). The summed E-state index contributed by atoms with van der Waals surface area (Å²) in [4.78, 5) is 12.7. The zero-order valence-corrected chi connectivity index (χ0v) is 12.9. The number of piperidine rings is 1. The number of nitrogens with one attached hydrogen (secondary N) is 1. The molecular weight excluding hydrogens is 276 g/mol. The van der Waals surface area contributed by atoms with Crippen molar-refractivity contribution in [3.63, 3.8) is 0 Å². The highest BCUT2D eigenvalue weighted by Gasteiger charge is 2.19. The van der Waals surface area contributed by atoms with Gasteiger partial charge in [-0.15, -0.1) is 11.3 Å². The van der Waals surface area contributed by atoms with E-state index in [4.69, 9.17) is 0 Å². The predicted octanol–water partition coefficient (Wildman–Crippen LogP) is 3.54. The second kappa shape index (κ2) is 5.46. The fourth-order valence-electron chi connectivity index (χ4n) is 2.39. The van der Waals surface area contributed by atoms with Crippen LogP contribution >= 0.6 is 22.7 Å². The average molecular weight is 294 g/mol. The molecule has 1 fully saturated rings. The molecule has 0 aromatic carbocycles. The van der Waals surface area contributed by atoms with Crippen molar-refractivity contribution in [3.8, 4) is 10.6 Å². The lowest BCUT2D eigenvalue weighted by Gasteiger charge is -2.30. The molecule has 102 valence electrons.